The van der Waals surface area contributed by atoms with Crippen LogP contribution in [0.4, 0.5) is 0 Å². The van der Waals surface area contributed by atoms with Crippen LogP contribution in [0.5, 0.6) is 0 Å². The van der Waals surface area contributed by atoms with Crippen molar-refractivity contribution >= 4 is 5.78 Å². The monoisotopic (exact) mass is 262 g/mol. The van der Waals surface area contributed by atoms with Crippen LogP contribution in [-0.2, 0) is 4.79 Å². The molecule has 108 valence electrons. The highest BCUT2D eigenvalue weighted by Crippen LogP contribution is 2.30. The molecular weight excluding hydrogens is 232 g/mol. The zero-order valence-electron chi connectivity index (χ0n) is 13.2. The van der Waals surface area contributed by atoms with Crippen LogP contribution < -0.4 is 0 Å². The molecule has 19 heavy (non-hydrogen) atoms. The molecule has 0 saturated carbocycles. The molecule has 0 heterocycles. The lowest BCUT2D eigenvalue weighted by Gasteiger charge is -2.12. The van der Waals surface area contributed by atoms with Gasteiger partial charge in [0.15, 0.2) is 5.78 Å². The molecule has 0 radical (unpaired) electrons. The minimum atomic E-state index is 0.262. The molecule has 1 atom stereocenters. The SMILES string of the molecule is CCC(=O)C=C1C=C(CC(C)CCCC(C)C)CC1. The number of rotatable bonds is 8. The molecule has 1 heteroatoms. The Morgan fingerprint density at radius 2 is 2.00 bits per heavy atom. The van der Waals surface area contributed by atoms with Crippen LogP contribution in [0.2, 0.25) is 0 Å². The second-order valence-electron chi connectivity index (χ2n) is 6.48. The quantitative estimate of drug-likeness (QED) is 0.530. The highest BCUT2D eigenvalue weighted by Gasteiger charge is 2.13. The summed E-state index contributed by atoms with van der Waals surface area (Å²) in [5, 5.41) is 0. The topological polar surface area (TPSA) is 17.1 Å². The Morgan fingerprint density at radius 3 is 2.63 bits per heavy atom. The number of carbonyl (C=O) groups is 1. The maximum Gasteiger partial charge on any atom is 0.155 e. The molecule has 0 N–H and O–H groups in total. The van der Waals surface area contributed by atoms with Crippen LogP contribution in [0.3, 0.4) is 0 Å². The summed E-state index contributed by atoms with van der Waals surface area (Å²) in [6.45, 7) is 8.88. The van der Waals surface area contributed by atoms with Gasteiger partial charge < -0.3 is 0 Å². The Balaban J connectivity index is 2.35. The Kier molecular flexibility index (Phi) is 7.12. The molecular formula is C18H30O. The molecule has 0 aliphatic heterocycles. The van der Waals surface area contributed by atoms with Gasteiger partial charge in [0.05, 0.1) is 0 Å². The fourth-order valence-electron chi connectivity index (χ4n) is 2.72. The summed E-state index contributed by atoms with van der Waals surface area (Å²) in [7, 11) is 0. The largest absolute Gasteiger partial charge is 0.295 e. The van der Waals surface area contributed by atoms with E-state index in [1.165, 1.54) is 31.3 Å². The molecule has 1 rings (SSSR count). The molecule has 0 saturated heterocycles. The standard InChI is InChI=1S/C18H30O/c1-5-18(19)13-17-10-9-16(12-17)11-15(4)8-6-7-14(2)3/h12-15H,5-11H2,1-4H3. The van der Waals surface area contributed by atoms with Crippen LogP contribution in [0.1, 0.15) is 72.6 Å². The Labute approximate surface area is 119 Å². The van der Waals surface area contributed by atoms with Crippen molar-refractivity contribution < 1.29 is 4.79 Å². The van der Waals surface area contributed by atoms with E-state index in [0.29, 0.717) is 6.42 Å². The zero-order chi connectivity index (χ0) is 14.3. The predicted molar refractivity (Wildman–Crippen MR) is 83.2 cm³/mol. The minimum Gasteiger partial charge on any atom is -0.295 e. The first-order chi connectivity index (χ1) is 9.01. The Morgan fingerprint density at radius 1 is 1.26 bits per heavy atom. The van der Waals surface area contributed by atoms with Crippen molar-refractivity contribution in [1.29, 1.82) is 0 Å². The van der Waals surface area contributed by atoms with E-state index in [-0.39, 0.29) is 5.78 Å². The summed E-state index contributed by atoms with van der Waals surface area (Å²) >= 11 is 0. The molecule has 0 fully saturated rings. The first-order valence-corrected chi connectivity index (χ1v) is 7.94. The zero-order valence-corrected chi connectivity index (χ0v) is 13.2. The van der Waals surface area contributed by atoms with Gasteiger partial charge in [-0.25, -0.2) is 0 Å². The van der Waals surface area contributed by atoms with Crippen molar-refractivity contribution in [2.24, 2.45) is 11.8 Å². The average molecular weight is 262 g/mol. The molecule has 1 aliphatic rings. The Bertz CT molecular complexity index is 347. The summed E-state index contributed by atoms with van der Waals surface area (Å²) in [4.78, 5) is 11.4. The fourth-order valence-corrected chi connectivity index (χ4v) is 2.72. The number of carbonyl (C=O) groups excluding carboxylic acids is 1. The number of hydrogen-bond donors (Lipinski definition) is 0. The van der Waals surface area contributed by atoms with Gasteiger partial charge in [0.2, 0.25) is 0 Å². The summed E-state index contributed by atoms with van der Waals surface area (Å²) in [6, 6.07) is 0. The van der Waals surface area contributed by atoms with E-state index in [0.717, 1.165) is 24.7 Å². The molecule has 1 aliphatic carbocycles. The van der Waals surface area contributed by atoms with E-state index in [1.54, 1.807) is 5.57 Å². The fraction of sp³-hybridized carbons (Fsp3) is 0.722. The summed E-state index contributed by atoms with van der Waals surface area (Å²) < 4.78 is 0. The van der Waals surface area contributed by atoms with Gasteiger partial charge in [-0.15, -0.1) is 0 Å². The summed E-state index contributed by atoms with van der Waals surface area (Å²) in [6.07, 6.45) is 12.2. The van der Waals surface area contributed by atoms with Gasteiger partial charge in [-0.2, -0.15) is 0 Å². The highest BCUT2D eigenvalue weighted by molar-refractivity contribution is 5.90. The van der Waals surface area contributed by atoms with E-state index in [1.807, 2.05) is 13.0 Å². The van der Waals surface area contributed by atoms with Crippen molar-refractivity contribution in [3.63, 3.8) is 0 Å². The smallest absolute Gasteiger partial charge is 0.155 e. The second kappa shape index (κ2) is 8.35. The first-order valence-electron chi connectivity index (χ1n) is 7.94. The maximum atomic E-state index is 11.4. The average Bonchev–Trinajstić information content (AvgIpc) is 2.75. The lowest BCUT2D eigenvalue weighted by molar-refractivity contribution is -0.114. The molecule has 0 amide bonds. The van der Waals surface area contributed by atoms with E-state index >= 15 is 0 Å². The van der Waals surface area contributed by atoms with Gasteiger partial charge in [-0.1, -0.05) is 58.6 Å². The molecule has 1 unspecified atom stereocenters. The van der Waals surface area contributed by atoms with Gasteiger partial charge in [0, 0.05) is 6.42 Å². The summed E-state index contributed by atoms with van der Waals surface area (Å²) in [5.74, 6) is 1.87. The van der Waals surface area contributed by atoms with E-state index in [4.69, 9.17) is 0 Å². The van der Waals surface area contributed by atoms with Crippen LogP contribution in [0.15, 0.2) is 23.3 Å². The van der Waals surface area contributed by atoms with E-state index in [9.17, 15) is 4.79 Å². The van der Waals surface area contributed by atoms with Crippen molar-refractivity contribution in [3.05, 3.63) is 23.3 Å². The molecule has 1 nitrogen and oxygen atoms in total. The molecule has 0 aromatic heterocycles. The van der Waals surface area contributed by atoms with Gasteiger partial charge in [0.25, 0.3) is 0 Å². The lowest BCUT2D eigenvalue weighted by Crippen LogP contribution is -1.97. The minimum absolute atomic E-state index is 0.262. The van der Waals surface area contributed by atoms with Crippen LogP contribution in [0.25, 0.3) is 0 Å². The van der Waals surface area contributed by atoms with E-state index < -0.39 is 0 Å². The van der Waals surface area contributed by atoms with Crippen molar-refractivity contribution in [1.82, 2.24) is 0 Å². The van der Waals surface area contributed by atoms with Gasteiger partial charge in [-0.3, -0.25) is 4.79 Å². The van der Waals surface area contributed by atoms with E-state index in [2.05, 4.69) is 26.8 Å². The number of ketones is 1. The first kappa shape index (κ1) is 16.2. The van der Waals surface area contributed by atoms with Gasteiger partial charge >= 0.3 is 0 Å². The lowest BCUT2D eigenvalue weighted by atomic mass is 9.94. The number of hydrogen-bond acceptors (Lipinski definition) is 1. The van der Waals surface area contributed by atoms with Gasteiger partial charge in [0.1, 0.15) is 0 Å². The third kappa shape index (κ3) is 6.75. The highest BCUT2D eigenvalue weighted by atomic mass is 16.1. The maximum absolute atomic E-state index is 11.4. The summed E-state index contributed by atoms with van der Waals surface area (Å²) in [5.41, 5.74) is 2.79. The third-order valence-corrected chi connectivity index (χ3v) is 3.91. The van der Waals surface area contributed by atoms with Crippen molar-refractivity contribution in [3.8, 4) is 0 Å². The second-order valence-corrected chi connectivity index (χ2v) is 6.48. The molecule has 0 spiro atoms. The Hall–Kier alpha value is -0.850. The molecule has 0 aromatic rings. The third-order valence-electron chi connectivity index (χ3n) is 3.91. The van der Waals surface area contributed by atoms with Crippen LogP contribution in [0, 0.1) is 11.8 Å². The van der Waals surface area contributed by atoms with Crippen molar-refractivity contribution in [2.75, 3.05) is 0 Å². The van der Waals surface area contributed by atoms with Crippen molar-refractivity contribution in [2.45, 2.75) is 72.6 Å². The molecule has 0 aromatic carbocycles. The number of allylic oxidation sites excluding steroid dienone is 4. The molecule has 0 bridgehead atoms. The normalized spacial score (nSPS) is 19.0. The predicted octanol–water partition coefficient (Wildman–Crippen LogP) is 5.46. The van der Waals surface area contributed by atoms with Crippen LogP contribution >= 0.6 is 0 Å². The van der Waals surface area contributed by atoms with Gasteiger partial charge in [-0.05, 0) is 42.7 Å². The van der Waals surface area contributed by atoms with Crippen LogP contribution in [-0.4, -0.2) is 5.78 Å².